The van der Waals surface area contributed by atoms with Gasteiger partial charge >= 0.3 is 0 Å². The first kappa shape index (κ1) is 13.6. The molecule has 2 rings (SSSR count). The first-order chi connectivity index (χ1) is 8.93. The monoisotopic (exact) mass is 277 g/mol. The molecule has 0 radical (unpaired) electrons. The number of anilines is 1. The maximum Gasteiger partial charge on any atom is 0.200 e. The number of benzene rings is 1. The molecule has 2 aromatic rings. The van der Waals surface area contributed by atoms with E-state index in [-0.39, 0.29) is 11.7 Å². The minimum Gasteiger partial charge on any atom is -0.383 e. The van der Waals surface area contributed by atoms with E-state index in [1.807, 2.05) is 13.8 Å². The van der Waals surface area contributed by atoms with Crippen LogP contribution in [-0.4, -0.2) is 15.6 Å². The Kier molecular flexibility index (Phi) is 3.62. The molecular formula is C14H16ClN3O. The number of hydrogen-bond donors (Lipinski definition) is 1. The number of carbonyl (C=O) groups is 1. The van der Waals surface area contributed by atoms with E-state index in [0.29, 0.717) is 27.7 Å². The molecule has 0 saturated heterocycles. The van der Waals surface area contributed by atoms with Gasteiger partial charge in [-0.2, -0.15) is 5.10 Å². The van der Waals surface area contributed by atoms with Crippen molar-refractivity contribution in [3.63, 3.8) is 0 Å². The predicted octanol–water partition coefficient (Wildman–Crippen LogP) is 3.01. The average Bonchev–Trinajstić information content (AvgIpc) is 2.66. The SMILES string of the molecule is CC(C)c1nn(C)c(N)c1C(=O)c1ccccc1Cl. The number of rotatable bonds is 3. The number of nitrogen functional groups attached to an aromatic ring is 1. The summed E-state index contributed by atoms with van der Waals surface area (Å²) in [5.74, 6) is 0.304. The smallest absolute Gasteiger partial charge is 0.200 e. The summed E-state index contributed by atoms with van der Waals surface area (Å²) in [5, 5.41) is 4.74. The standard InChI is InChI=1S/C14H16ClN3O/c1-8(2)12-11(14(16)18(3)17-12)13(19)9-6-4-5-7-10(9)15/h4-8H,16H2,1-3H3. The molecule has 0 aliphatic carbocycles. The molecule has 1 heterocycles. The van der Waals surface area contributed by atoms with Gasteiger partial charge in [0.05, 0.1) is 16.3 Å². The lowest BCUT2D eigenvalue weighted by Crippen LogP contribution is -2.08. The van der Waals surface area contributed by atoms with Gasteiger partial charge in [-0.15, -0.1) is 0 Å². The van der Waals surface area contributed by atoms with Crippen LogP contribution >= 0.6 is 11.6 Å². The van der Waals surface area contributed by atoms with Gasteiger partial charge in [-0.3, -0.25) is 9.48 Å². The van der Waals surface area contributed by atoms with Crippen molar-refractivity contribution in [2.75, 3.05) is 5.73 Å². The molecule has 19 heavy (non-hydrogen) atoms. The molecule has 100 valence electrons. The lowest BCUT2D eigenvalue weighted by molar-refractivity contribution is 0.103. The summed E-state index contributed by atoms with van der Waals surface area (Å²) in [5.41, 5.74) is 7.56. The first-order valence-corrected chi connectivity index (χ1v) is 6.42. The number of carbonyl (C=O) groups excluding carboxylic acids is 1. The van der Waals surface area contributed by atoms with E-state index < -0.39 is 0 Å². The fraction of sp³-hybridized carbons (Fsp3) is 0.286. The highest BCUT2D eigenvalue weighted by Gasteiger charge is 2.24. The third-order valence-electron chi connectivity index (χ3n) is 3.01. The van der Waals surface area contributed by atoms with Crippen LogP contribution in [0.5, 0.6) is 0 Å². The highest BCUT2D eigenvalue weighted by molar-refractivity contribution is 6.35. The van der Waals surface area contributed by atoms with Gasteiger partial charge in [0, 0.05) is 12.6 Å². The van der Waals surface area contributed by atoms with Crippen LogP contribution in [0.15, 0.2) is 24.3 Å². The normalized spacial score (nSPS) is 11.0. The van der Waals surface area contributed by atoms with E-state index in [2.05, 4.69) is 5.10 Å². The van der Waals surface area contributed by atoms with E-state index in [0.717, 1.165) is 0 Å². The van der Waals surface area contributed by atoms with Crippen LogP contribution in [0.2, 0.25) is 5.02 Å². The lowest BCUT2D eigenvalue weighted by Gasteiger charge is -2.07. The predicted molar refractivity (Wildman–Crippen MR) is 76.6 cm³/mol. The Morgan fingerprint density at radius 3 is 2.58 bits per heavy atom. The molecule has 0 atom stereocenters. The van der Waals surface area contributed by atoms with Crippen LogP contribution < -0.4 is 5.73 Å². The topological polar surface area (TPSA) is 60.9 Å². The molecule has 0 unspecified atom stereocenters. The van der Waals surface area contributed by atoms with Gasteiger partial charge in [0.2, 0.25) is 0 Å². The molecule has 0 amide bonds. The van der Waals surface area contributed by atoms with Crippen molar-refractivity contribution in [1.82, 2.24) is 9.78 Å². The molecule has 1 aromatic carbocycles. The van der Waals surface area contributed by atoms with Crippen LogP contribution in [0.3, 0.4) is 0 Å². The maximum atomic E-state index is 12.6. The number of aromatic nitrogens is 2. The molecule has 0 saturated carbocycles. The fourth-order valence-corrected chi connectivity index (χ4v) is 2.20. The average molecular weight is 278 g/mol. The van der Waals surface area contributed by atoms with Crippen LogP contribution in [0.4, 0.5) is 5.82 Å². The lowest BCUT2D eigenvalue weighted by atomic mass is 9.98. The quantitative estimate of drug-likeness (QED) is 0.877. The van der Waals surface area contributed by atoms with Gasteiger partial charge in [0.1, 0.15) is 5.82 Å². The van der Waals surface area contributed by atoms with Crippen molar-refractivity contribution in [3.05, 3.63) is 46.1 Å². The van der Waals surface area contributed by atoms with Crippen molar-refractivity contribution in [3.8, 4) is 0 Å². The second kappa shape index (κ2) is 5.05. The summed E-state index contributed by atoms with van der Waals surface area (Å²) < 4.78 is 1.53. The van der Waals surface area contributed by atoms with E-state index in [1.165, 1.54) is 4.68 Å². The molecule has 4 nitrogen and oxygen atoms in total. The number of halogens is 1. The summed E-state index contributed by atoms with van der Waals surface area (Å²) in [6.45, 7) is 3.95. The van der Waals surface area contributed by atoms with E-state index in [4.69, 9.17) is 17.3 Å². The van der Waals surface area contributed by atoms with Crippen LogP contribution in [0.1, 0.15) is 41.4 Å². The van der Waals surface area contributed by atoms with Crippen LogP contribution in [0.25, 0.3) is 0 Å². The minimum absolute atomic E-state index is 0.116. The Morgan fingerprint density at radius 2 is 2.00 bits per heavy atom. The largest absolute Gasteiger partial charge is 0.383 e. The third-order valence-corrected chi connectivity index (χ3v) is 3.34. The highest BCUT2D eigenvalue weighted by Crippen LogP contribution is 2.28. The summed E-state index contributed by atoms with van der Waals surface area (Å²) in [4.78, 5) is 12.6. The summed E-state index contributed by atoms with van der Waals surface area (Å²) in [7, 11) is 1.73. The Hall–Kier alpha value is -1.81. The summed E-state index contributed by atoms with van der Waals surface area (Å²) in [6.07, 6.45) is 0. The Morgan fingerprint density at radius 1 is 1.37 bits per heavy atom. The van der Waals surface area contributed by atoms with Crippen LogP contribution in [0, 0.1) is 0 Å². The van der Waals surface area contributed by atoms with Gasteiger partial charge in [-0.05, 0) is 18.1 Å². The minimum atomic E-state index is -0.181. The molecule has 2 N–H and O–H groups in total. The third kappa shape index (κ3) is 2.36. The summed E-state index contributed by atoms with van der Waals surface area (Å²) >= 11 is 6.07. The van der Waals surface area contributed by atoms with Crippen LogP contribution in [-0.2, 0) is 7.05 Å². The Bertz CT molecular complexity index is 632. The van der Waals surface area contributed by atoms with E-state index in [9.17, 15) is 4.79 Å². The molecule has 0 fully saturated rings. The van der Waals surface area contributed by atoms with Gasteiger partial charge in [-0.1, -0.05) is 37.6 Å². The number of ketones is 1. The molecule has 0 aliphatic rings. The van der Waals surface area contributed by atoms with Crippen molar-refractivity contribution in [1.29, 1.82) is 0 Å². The van der Waals surface area contributed by atoms with Gasteiger partial charge < -0.3 is 5.73 Å². The first-order valence-electron chi connectivity index (χ1n) is 6.05. The van der Waals surface area contributed by atoms with E-state index >= 15 is 0 Å². The molecule has 5 heteroatoms. The molecule has 0 aliphatic heterocycles. The van der Waals surface area contributed by atoms with E-state index in [1.54, 1.807) is 31.3 Å². The Labute approximate surface area is 117 Å². The van der Waals surface area contributed by atoms with Crippen molar-refractivity contribution in [2.24, 2.45) is 7.05 Å². The number of aryl methyl sites for hydroxylation is 1. The molecule has 0 spiro atoms. The van der Waals surface area contributed by atoms with Gasteiger partial charge in [0.15, 0.2) is 5.78 Å². The zero-order valence-corrected chi connectivity index (χ0v) is 11.9. The van der Waals surface area contributed by atoms with Crippen molar-refractivity contribution >= 4 is 23.2 Å². The zero-order valence-electron chi connectivity index (χ0n) is 11.1. The number of nitrogens with zero attached hydrogens (tertiary/aromatic N) is 2. The second-order valence-corrected chi connectivity index (χ2v) is 5.14. The fourth-order valence-electron chi connectivity index (χ4n) is 1.98. The molecule has 0 bridgehead atoms. The van der Waals surface area contributed by atoms with Crippen molar-refractivity contribution < 1.29 is 4.79 Å². The Balaban J connectivity index is 2.59. The second-order valence-electron chi connectivity index (χ2n) is 4.73. The molecular weight excluding hydrogens is 262 g/mol. The summed E-state index contributed by atoms with van der Waals surface area (Å²) in [6, 6.07) is 6.95. The zero-order chi connectivity index (χ0) is 14.2. The van der Waals surface area contributed by atoms with Gasteiger partial charge in [0.25, 0.3) is 0 Å². The number of hydrogen-bond acceptors (Lipinski definition) is 3. The number of nitrogens with two attached hydrogens (primary N) is 1. The highest BCUT2D eigenvalue weighted by atomic mass is 35.5. The maximum absolute atomic E-state index is 12.6. The van der Waals surface area contributed by atoms with Gasteiger partial charge in [-0.25, -0.2) is 0 Å². The van der Waals surface area contributed by atoms with Crippen molar-refractivity contribution in [2.45, 2.75) is 19.8 Å². The molecule has 1 aromatic heterocycles.